The fraction of sp³-hybridized carbons (Fsp3) is 0.179. The molecule has 5 rings (SSSR count). The standard InChI is InChI=1S/C28H25N3O4S/c1-33-28(32)18-20-9-12-22(13-10-20)34-15-5-16-35-26-14-11-21(27-8-4-17-36-27)19-25(26)31-29-23-6-2-3-7-24(23)30-31/h2-4,6-14,17,19H,5,15-16,18H2,1H3. The number of aromatic nitrogens is 3. The molecular weight excluding hydrogens is 474 g/mol. The molecule has 0 spiro atoms. The topological polar surface area (TPSA) is 75.5 Å². The number of fused-ring (bicyclic) bond motifs is 1. The van der Waals surface area contributed by atoms with Crippen molar-refractivity contribution in [3.8, 4) is 27.6 Å². The van der Waals surface area contributed by atoms with Gasteiger partial charge in [0.05, 0.1) is 26.7 Å². The second-order valence-electron chi connectivity index (χ2n) is 8.09. The van der Waals surface area contributed by atoms with Crippen molar-refractivity contribution in [3.63, 3.8) is 0 Å². The molecule has 0 saturated heterocycles. The molecule has 8 heteroatoms. The molecule has 36 heavy (non-hydrogen) atoms. The van der Waals surface area contributed by atoms with E-state index in [0.29, 0.717) is 25.4 Å². The van der Waals surface area contributed by atoms with Crippen LogP contribution >= 0.6 is 11.3 Å². The number of carbonyl (C=O) groups is 1. The summed E-state index contributed by atoms with van der Waals surface area (Å²) in [5.74, 6) is 1.20. The Balaban J connectivity index is 1.24. The lowest BCUT2D eigenvalue weighted by Gasteiger charge is -2.13. The zero-order chi connectivity index (χ0) is 24.7. The predicted octanol–water partition coefficient (Wildman–Crippen LogP) is 5.71. The summed E-state index contributed by atoms with van der Waals surface area (Å²) in [6.07, 6.45) is 0.948. The van der Waals surface area contributed by atoms with E-state index < -0.39 is 0 Å². The molecule has 0 fully saturated rings. The van der Waals surface area contributed by atoms with Crippen molar-refractivity contribution < 1.29 is 19.0 Å². The first-order valence-electron chi connectivity index (χ1n) is 11.6. The van der Waals surface area contributed by atoms with Gasteiger partial charge in [-0.2, -0.15) is 0 Å². The molecule has 0 atom stereocenters. The third-order valence-electron chi connectivity index (χ3n) is 5.58. The Morgan fingerprint density at radius 3 is 2.33 bits per heavy atom. The van der Waals surface area contributed by atoms with Crippen LogP contribution in [0.25, 0.3) is 27.2 Å². The Hall–Kier alpha value is -4.17. The Kier molecular flexibility index (Phi) is 7.23. The van der Waals surface area contributed by atoms with E-state index in [1.54, 1.807) is 16.1 Å². The lowest BCUT2D eigenvalue weighted by molar-refractivity contribution is -0.139. The zero-order valence-corrected chi connectivity index (χ0v) is 20.6. The molecule has 5 aromatic rings. The summed E-state index contributed by atoms with van der Waals surface area (Å²) in [6, 6.07) is 25.5. The molecule has 7 nitrogen and oxygen atoms in total. The largest absolute Gasteiger partial charge is 0.493 e. The van der Waals surface area contributed by atoms with Crippen LogP contribution < -0.4 is 9.47 Å². The fourth-order valence-corrected chi connectivity index (χ4v) is 4.46. The lowest BCUT2D eigenvalue weighted by Crippen LogP contribution is -2.08. The number of thiophene rings is 1. The molecule has 0 aliphatic carbocycles. The highest BCUT2D eigenvalue weighted by Crippen LogP contribution is 2.32. The first kappa shape index (κ1) is 23.6. The number of nitrogens with zero attached hydrogens (tertiary/aromatic N) is 3. The fourth-order valence-electron chi connectivity index (χ4n) is 3.73. The number of esters is 1. The quantitative estimate of drug-likeness (QED) is 0.181. The second kappa shape index (κ2) is 11.0. The number of benzene rings is 3. The van der Waals surface area contributed by atoms with Gasteiger partial charge in [-0.1, -0.05) is 30.3 Å². The molecule has 3 aromatic carbocycles. The van der Waals surface area contributed by atoms with Crippen molar-refractivity contribution >= 4 is 28.3 Å². The molecule has 0 aliphatic heterocycles. The average Bonchev–Trinajstić information content (AvgIpc) is 3.60. The molecule has 182 valence electrons. The number of ether oxygens (including phenoxy) is 3. The van der Waals surface area contributed by atoms with Gasteiger partial charge < -0.3 is 14.2 Å². The minimum atomic E-state index is -0.262. The molecule has 0 unspecified atom stereocenters. The first-order chi connectivity index (χ1) is 17.7. The van der Waals surface area contributed by atoms with Gasteiger partial charge in [0, 0.05) is 11.3 Å². The summed E-state index contributed by atoms with van der Waals surface area (Å²) in [7, 11) is 1.39. The lowest BCUT2D eigenvalue weighted by atomic mass is 10.1. The molecule has 0 aliphatic rings. The summed E-state index contributed by atoms with van der Waals surface area (Å²) in [6.45, 7) is 0.982. The van der Waals surface area contributed by atoms with Crippen LogP contribution in [0.3, 0.4) is 0 Å². The van der Waals surface area contributed by atoms with E-state index in [9.17, 15) is 4.79 Å². The first-order valence-corrected chi connectivity index (χ1v) is 12.5. The summed E-state index contributed by atoms with van der Waals surface area (Å²) in [5.41, 5.74) is 4.43. The smallest absolute Gasteiger partial charge is 0.309 e. The minimum Gasteiger partial charge on any atom is -0.493 e. The molecule has 0 amide bonds. The number of rotatable bonds is 10. The number of hydrogen-bond donors (Lipinski definition) is 0. The maximum Gasteiger partial charge on any atom is 0.309 e. The van der Waals surface area contributed by atoms with Crippen molar-refractivity contribution in [1.29, 1.82) is 0 Å². The van der Waals surface area contributed by atoms with Gasteiger partial charge in [-0.25, -0.2) is 0 Å². The van der Waals surface area contributed by atoms with Gasteiger partial charge in [0.15, 0.2) is 0 Å². The average molecular weight is 500 g/mol. The van der Waals surface area contributed by atoms with Crippen LogP contribution in [0, 0.1) is 0 Å². The van der Waals surface area contributed by atoms with Crippen molar-refractivity contribution in [2.75, 3.05) is 20.3 Å². The Morgan fingerprint density at radius 2 is 1.64 bits per heavy atom. The predicted molar refractivity (Wildman–Crippen MR) is 140 cm³/mol. The Morgan fingerprint density at radius 1 is 0.889 bits per heavy atom. The van der Waals surface area contributed by atoms with Crippen molar-refractivity contribution in [1.82, 2.24) is 15.0 Å². The molecule has 0 radical (unpaired) electrons. The van der Waals surface area contributed by atoms with E-state index in [-0.39, 0.29) is 12.4 Å². The SMILES string of the molecule is COC(=O)Cc1ccc(OCCCOc2ccc(-c3cccs3)cc2-n2nc3ccccc3n2)cc1. The van der Waals surface area contributed by atoms with E-state index >= 15 is 0 Å². The minimum absolute atomic E-state index is 0.249. The van der Waals surface area contributed by atoms with Gasteiger partial charge >= 0.3 is 5.97 Å². The molecule has 2 aromatic heterocycles. The normalized spacial score (nSPS) is 10.9. The molecule has 0 N–H and O–H groups in total. The highest BCUT2D eigenvalue weighted by atomic mass is 32.1. The number of carbonyl (C=O) groups excluding carboxylic acids is 1. The van der Waals surface area contributed by atoms with Crippen LogP contribution in [0.5, 0.6) is 11.5 Å². The zero-order valence-electron chi connectivity index (χ0n) is 19.8. The third-order valence-corrected chi connectivity index (χ3v) is 6.50. The van der Waals surface area contributed by atoms with Gasteiger partial charge in [0.25, 0.3) is 0 Å². The van der Waals surface area contributed by atoms with Crippen molar-refractivity contribution in [2.24, 2.45) is 0 Å². The van der Waals surface area contributed by atoms with Gasteiger partial charge in [-0.05, 0) is 65.0 Å². The molecule has 0 saturated carbocycles. The monoisotopic (exact) mass is 499 g/mol. The maximum absolute atomic E-state index is 11.4. The van der Waals surface area contributed by atoms with Gasteiger partial charge in [-0.3, -0.25) is 4.79 Å². The van der Waals surface area contributed by atoms with Crippen LogP contribution in [0.2, 0.25) is 0 Å². The van der Waals surface area contributed by atoms with Crippen molar-refractivity contribution in [2.45, 2.75) is 12.8 Å². The summed E-state index contributed by atoms with van der Waals surface area (Å²) in [5, 5.41) is 11.4. The number of methoxy groups -OCH3 is 1. The van der Waals surface area contributed by atoms with Crippen LogP contribution in [0.15, 0.2) is 84.2 Å². The van der Waals surface area contributed by atoms with Gasteiger partial charge in [0.2, 0.25) is 0 Å². The van der Waals surface area contributed by atoms with Crippen LogP contribution in [0.4, 0.5) is 0 Å². The van der Waals surface area contributed by atoms with Crippen LogP contribution in [-0.4, -0.2) is 41.3 Å². The summed E-state index contributed by atoms with van der Waals surface area (Å²) >= 11 is 1.69. The Bertz CT molecular complexity index is 1410. The van der Waals surface area contributed by atoms with E-state index in [1.165, 1.54) is 12.0 Å². The van der Waals surface area contributed by atoms with E-state index in [1.807, 2.05) is 60.7 Å². The van der Waals surface area contributed by atoms with E-state index in [0.717, 1.165) is 33.6 Å². The molecular formula is C28H25N3O4S. The van der Waals surface area contributed by atoms with Crippen molar-refractivity contribution in [3.05, 3.63) is 89.8 Å². The second-order valence-corrected chi connectivity index (χ2v) is 9.03. The van der Waals surface area contributed by atoms with Gasteiger partial charge in [0.1, 0.15) is 28.2 Å². The molecule has 2 heterocycles. The van der Waals surface area contributed by atoms with E-state index in [4.69, 9.17) is 14.2 Å². The Labute approximate surface area is 212 Å². The highest BCUT2D eigenvalue weighted by molar-refractivity contribution is 7.13. The molecule has 0 bridgehead atoms. The third kappa shape index (κ3) is 5.55. The number of hydrogen-bond acceptors (Lipinski definition) is 7. The van der Waals surface area contributed by atoms with E-state index in [2.05, 4.69) is 33.8 Å². The van der Waals surface area contributed by atoms with Crippen LogP contribution in [-0.2, 0) is 16.0 Å². The highest BCUT2D eigenvalue weighted by Gasteiger charge is 2.13. The van der Waals surface area contributed by atoms with Gasteiger partial charge in [-0.15, -0.1) is 26.3 Å². The summed E-state index contributed by atoms with van der Waals surface area (Å²) in [4.78, 5) is 14.2. The summed E-state index contributed by atoms with van der Waals surface area (Å²) < 4.78 is 16.7. The van der Waals surface area contributed by atoms with Crippen LogP contribution in [0.1, 0.15) is 12.0 Å². The maximum atomic E-state index is 11.4.